The molecule has 0 aliphatic heterocycles. The van der Waals surface area contributed by atoms with E-state index in [0.717, 1.165) is 5.56 Å². The Balaban J connectivity index is 2.68. The summed E-state index contributed by atoms with van der Waals surface area (Å²) >= 11 is 0. The predicted octanol–water partition coefficient (Wildman–Crippen LogP) is 2.77. The average Bonchev–Trinajstić information content (AvgIpc) is 2.17. The summed E-state index contributed by atoms with van der Waals surface area (Å²) in [6, 6.07) is 7.55. The molecule has 0 radical (unpaired) electrons. The molecule has 0 heterocycles. The second-order valence-electron chi connectivity index (χ2n) is 3.35. The summed E-state index contributed by atoms with van der Waals surface area (Å²) in [6.07, 6.45) is -2.42. The molecule has 1 rings (SSSR count). The highest BCUT2D eigenvalue weighted by molar-refractivity contribution is 5.24. The first-order chi connectivity index (χ1) is 6.63. The molecule has 1 unspecified atom stereocenters. The fourth-order valence-electron chi connectivity index (χ4n) is 1.29. The highest BCUT2D eigenvalue weighted by Gasteiger charge is 2.05. The van der Waals surface area contributed by atoms with Crippen molar-refractivity contribution in [1.29, 1.82) is 0 Å². The second-order valence-corrected chi connectivity index (χ2v) is 3.35. The molecule has 3 heteroatoms. The van der Waals surface area contributed by atoms with Crippen molar-refractivity contribution in [2.75, 3.05) is 7.05 Å². The molecule has 78 valence electrons. The minimum Gasteiger partial charge on any atom is -0.313 e. The maximum atomic E-state index is 12.0. The predicted molar refractivity (Wildman–Crippen MR) is 53.6 cm³/mol. The minimum absolute atomic E-state index is 0.159. The lowest BCUT2D eigenvalue weighted by Crippen LogP contribution is -2.12. The van der Waals surface area contributed by atoms with Gasteiger partial charge in [0.05, 0.1) is 0 Å². The van der Waals surface area contributed by atoms with Crippen LogP contribution in [0.25, 0.3) is 0 Å². The Morgan fingerprint density at radius 1 is 1.21 bits per heavy atom. The normalized spacial score (nSPS) is 13.2. The van der Waals surface area contributed by atoms with Gasteiger partial charge in [-0.3, -0.25) is 0 Å². The first-order valence-corrected chi connectivity index (χ1v) is 4.67. The van der Waals surface area contributed by atoms with E-state index < -0.39 is 6.43 Å². The molecule has 0 saturated heterocycles. The lowest BCUT2D eigenvalue weighted by atomic mass is 10.1. The molecule has 1 aromatic rings. The smallest absolute Gasteiger partial charge is 0.242 e. The van der Waals surface area contributed by atoms with E-state index in [1.54, 1.807) is 12.1 Å². The van der Waals surface area contributed by atoms with Crippen LogP contribution in [0.15, 0.2) is 24.3 Å². The van der Waals surface area contributed by atoms with Gasteiger partial charge in [0.1, 0.15) is 0 Å². The van der Waals surface area contributed by atoms with E-state index in [4.69, 9.17) is 0 Å². The van der Waals surface area contributed by atoms with Crippen molar-refractivity contribution >= 4 is 0 Å². The Labute approximate surface area is 83.1 Å². The van der Waals surface area contributed by atoms with Crippen molar-refractivity contribution in [2.45, 2.75) is 25.8 Å². The van der Waals surface area contributed by atoms with E-state index in [1.807, 2.05) is 26.1 Å². The van der Waals surface area contributed by atoms with E-state index in [9.17, 15) is 8.78 Å². The first kappa shape index (κ1) is 11.1. The van der Waals surface area contributed by atoms with Crippen LogP contribution >= 0.6 is 0 Å². The van der Waals surface area contributed by atoms with E-state index in [-0.39, 0.29) is 12.5 Å². The van der Waals surface area contributed by atoms with E-state index >= 15 is 0 Å². The SMILES string of the molecule is CNC(C)c1ccc(CC(F)F)cc1. The molecule has 0 bridgehead atoms. The van der Waals surface area contributed by atoms with Gasteiger partial charge in [0.25, 0.3) is 0 Å². The summed E-state index contributed by atoms with van der Waals surface area (Å²) in [7, 11) is 1.87. The number of nitrogens with one attached hydrogen (secondary N) is 1. The van der Waals surface area contributed by atoms with Gasteiger partial charge in [-0.05, 0) is 25.1 Å². The molecular formula is C11H15F2N. The summed E-state index contributed by atoms with van der Waals surface area (Å²) in [5, 5.41) is 3.09. The Bertz CT molecular complexity index is 269. The highest BCUT2D eigenvalue weighted by atomic mass is 19.3. The zero-order valence-corrected chi connectivity index (χ0v) is 8.43. The largest absolute Gasteiger partial charge is 0.313 e. The van der Waals surface area contributed by atoms with Gasteiger partial charge in [-0.2, -0.15) is 0 Å². The summed E-state index contributed by atoms with van der Waals surface area (Å²) in [6.45, 7) is 2.03. The van der Waals surface area contributed by atoms with Gasteiger partial charge < -0.3 is 5.32 Å². The molecule has 0 aliphatic rings. The fraction of sp³-hybridized carbons (Fsp3) is 0.455. The van der Waals surface area contributed by atoms with Crippen LogP contribution in [0.4, 0.5) is 8.78 Å². The summed E-state index contributed by atoms with van der Waals surface area (Å²) in [5.41, 5.74) is 1.80. The molecule has 0 spiro atoms. The summed E-state index contributed by atoms with van der Waals surface area (Å²) in [5.74, 6) is 0. The monoisotopic (exact) mass is 199 g/mol. The van der Waals surface area contributed by atoms with Crippen LogP contribution in [-0.4, -0.2) is 13.5 Å². The first-order valence-electron chi connectivity index (χ1n) is 4.67. The molecule has 0 aliphatic carbocycles. The van der Waals surface area contributed by atoms with Gasteiger partial charge in [-0.15, -0.1) is 0 Å². The Kier molecular flexibility index (Phi) is 4.01. The van der Waals surface area contributed by atoms with Crippen molar-refractivity contribution in [3.8, 4) is 0 Å². The second kappa shape index (κ2) is 5.05. The zero-order valence-electron chi connectivity index (χ0n) is 8.43. The number of benzene rings is 1. The van der Waals surface area contributed by atoms with Gasteiger partial charge in [0.15, 0.2) is 0 Å². The van der Waals surface area contributed by atoms with Crippen molar-refractivity contribution in [2.24, 2.45) is 0 Å². The number of hydrogen-bond acceptors (Lipinski definition) is 1. The van der Waals surface area contributed by atoms with Crippen LogP contribution in [-0.2, 0) is 6.42 Å². The third-order valence-corrected chi connectivity index (χ3v) is 2.30. The van der Waals surface area contributed by atoms with E-state index in [1.165, 1.54) is 0 Å². The van der Waals surface area contributed by atoms with Crippen molar-refractivity contribution in [3.05, 3.63) is 35.4 Å². The van der Waals surface area contributed by atoms with Crippen LogP contribution in [0.1, 0.15) is 24.1 Å². The lowest BCUT2D eigenvalue weighted by molar-refractivity contribution is 0.149. The summed E-state index contributed by atoms with van der Waals surface area (Å²) < 4.78 is 24.1. The molecule has 14 heavy (non-hydrogen) atoms. The molecule has 1 atom stereocenters. The van der Waals surface area contributed by atoms with Crippen molar-refractivity contribution < 1.29 is 8.78 Å². The highest BCUT2D eigenvalue weighted by Crippen LogP contribution is 2.14. The fourth-order valence-corrected chi connectivity index (χ4v) is 1.29. The maximum Gasteiger partial charge on any atom is 0.242 e. The number of hydrogen-bond donors (Lipinski definition) is 1. The molecule has 0 fully saturated rings. The topological polar surface area (TPSA) is 12.0 Å². The van der Waals surface area contributed by atoms with Crippen LogP contribution in [0.2, 0.25) is 0 Å². The number of alkyl halides is 2. The quantitative estimate of drug-likeness (QED) is 0.786. The molecule has 0 saturated carbocycles. The van der Waals surface area contributed by atoms with Crippen LogP contribution in [0, 0.1) is 0 Å². The summed E-state index contributed by atoms with van der Waals surface area (Å²) in [4.78, 5) is 0. The lowest BCUT2D eigenvalue weighted by Gasteiger charge is -2.10. The Morgan fingerprint density at radius 3 is 2.21 bits per heavy atom. The van der Waals surface area contributed by atoms with Gasteiger partial charge in [0.2, 0.25) is 6.43 Å². The Hall–Kier alpha value is -0.960. The van der Waals surface area contributed by atoms with Gasteiger partial charge in [-0.1, -0.05) is 24.3 Å². The van der Waals surface area contributed by atoms with E-state index in [0.29, 0.717) is 5.56 Å². The third-order valence-electron chi connectivity index (χ3n) is 2.30. The van der Waals surface area contributed by atoms with E-state index in [2.05, 4.69) is 5.32 Å². The van der Waals surface area contributed by atoms with Crippen molar-refractivity contribution in [1.82, 2.24) is 5.32 Å². The van der Waals surface area contributed by atoms with Crippen LogP contribution < -0.4 is 5.32 Å². The maximum absolute atomic E-state index is 12.0. The van der Waals surface area contributed by atoms with Crippen molar-refractivity contribution in [3.63, 3.8) is 0 Å². The molecule has 0 aromatic heterocycles. The Morgan fingerprint density at radius 2 is 1.79 bits per heavy atom. The third kappa shape index (κ3) is 3.07. The standard InChI is InChI=1S/C11H15F2N/c1-8(14-2)10-5-3-9(4-6-10)7-11(12)13/h3-6,8,11,14H,7H2,1-2H3. The number of halogens is 2. The van der Waals surface area contributed by atoms with Gasteiger partial charge >= 0.3 is 0 Å². The molecular weight excluding hydrogens is 184 g/mol. The zero-order chi connectivity index (χ0) is 10.6. The van der Waals surface area contributed by atoms with Gasteiger partial charge in [-0.25, -0.2) is 8.78 Å². The molecule has 1 N–H and O–H groups in total. The molecule has 0 amide bonds. The van der Waals surface area contributed by atoms with Crippen LogP contribution in [0.3, 0.4) is 0 Å². The molecule has 1 aromatic carbocycles. The van der Waals surface area contributed by atoms with Crippen LogP contribution in [0.5, 0.6) is 0 Å². The number of rotatable bonds is 4. The minimum atomic E-state index is -2.26. The van der Waals surface area contributed by atoms with Gasteiger partial charge in [0, 0.05) is 12.5 Å². The molecule has 1 nitrogen and oxygen atoms in total. The average molecular weight is 199 g/mol.